The fraction of sp³-hybridized carbons (Fsp3) is 0.920. The van der Waals surface area contributed by atoms with E-state index in [0.29, 0.717) is 0 Å². The van der Waals surface area contributed by atoms with E-state index < -0.39 is 122 Å². The molecular formula is C25H48N6O14. The molecule has 0 spiro atoms. The van der Waals surface area contributed by atoms with Crippen molar-refractivity contribution in [1.29, 1.82) is 0 Å². The molecule has 0 bridgehead atoms. The van der Waals surface area contributed by atoms with Gasteiger partial charge in [0.05, 0.1) is 24.7 Å². The molecule has 16 atom stereocenters. The van der Waals surface area contributed by atoms with E-state index in [1.54, 1.807) is 0 Å². The number of aliphatic hydroxyl groups is 8. The predicted molar refractivity (Wildman–Crippen MR) is 149 cm³/mol. The SMILES string of the molecule is CN[C@@H]1[C@@H](O)[C@@H](O[C@@H]2[C@@H](O)[C@H](O[C@H]3O[C@H](CN)[C@@H](O)[C@H](O)[C@H]3O)[C@@H](NC(=O)[C@@H](O)CN)C[C@H]2NC(=O)[C@@H](O)CN)OC[C@]1(C)O. The van der Waals surface area contributed by atoms with Crippen LogP contribution in [0, 0.1) is 0 Å². The first-order valence-corrected chi connectivity index (χ1v) is 14.6. The molecular weight excluding hydrogens is 608 g/mol. The van der Waals surface area contributed by atoms with Crippen molar-refractivity contribution in [3.05, 3.63) is 0 Å². The predicted octanol–water partition coefficient (Wildman–Crippen LogP) is -9.05. The number of rotatable bonds is 12. The zero-order valence-electron chi connectivity index (χ0n) is 25.0. The minimum absolute atomic E-state index is 0.294. The third-order valence-corrected chi connectivity index (χ3v) is 8.31. The van der Waals surface area contributed by atoms with Crippen molar-refractivity contribution in [3.8, 4) is 0 Å². The number of nitrogens with two attached hydrogens (primary N) is 3. The zero-order valence-corrected chi connectivity index (χ0v) is 25.0. The van der Waals surface area contributed by atoms with E-state index >= 15 is 0 Å². The van der Waals surface area contributed by atoms with E-state index in [1.807, 2.05) is 0 Å². The highest BCUT2D eigenvalue weighted by Crippen LogP contribution is 2.33. The summed E-state index contributed by atoms with van der Waals surface area (Å²) in [4.78, 5) is 25.4. The van der Waals surface area contributed by atoms with E-state index in [9.17, 15) is 50.4 Å². The van der Waals surface area contributed by atoms with Crippen LogP contribution in [0.3, 0.4) is 0 Å². The van der Waals surface area contributed by atoms with Crippen LogP contribution in [-0.2, 0) is 28.5 Å². The molecule has 2 heterocycles. The van der Waals surface area contributed by atoms with Crippen LogP contribution in [0.1, 0.15) is 13.3 Å². The van der Waals surface area contributed by atoms with Crippen LogP contribution in [0.5, 0.6) is 0 Å². The number of hydrogen-bond donors (Lipinski definition) is 14. The van der Waals surface area contributed by atoms with Crippen LogP contribution >= 0.6 is 0 Å². The lowest BCUT2D eigenvalue weighted by atomic mass is 9.82. The molecule has 1 saturated carbocycles. The van der Waals surface area contributed by atoms with Gasteiger partial charge in [-0.3, -0.25) is 9.59 Å². The Morgan fingerprint density at radius 2 is 1.36 bits per heavy atom. The summed E-state index contributed by atoms with van der Waals surface area (Å²) in [6.45, 7) is -0.121. The number of amides is 2. The van der Waals surface area contributed by atoms with Crippen molar-refractivity contribution in [2.45, 2.75) is 111 Å². The smallest absolute Gasteiger partial charge is 0.250 e. The Labute approximate surface area is 258 Å². The molecule has 3 rings (SSSR count). The third kappa shape index (κ3) is 8.43. The van der Waals surface area contributed by atoms with E-state index in [-0.39, 0.29) is 19.6 Å². The number of carbonyl (C=O) groups excluding carboxylic acids is 2. The summed E-state index contributed by atoms with van der Waals surface area (Å²) in [6.07, 6.45) is -19.8. The van der Waals surface area contributed by atoms with Crippen LogP contribution in [0.2, 0.25) is 0 Å². The maximum absolute atomic E-state index is 12.7. The van der Waals surface area contributed by atoms with Crippen molar-refractivity contribution in [3.63, 3.8) is 0 Å². The lowest BCUT2D eigenvalue weighted by Gasteiger charge is -2.50. The van der Waals surface area contributed by atoms with Gasteiger partial charge in [-0.25, -0.2) is 0 Å². The molecule has 2 amide bonds. The Morgan fingerprint density at radius 1 is 0.844 bits per heavy atom. The fourth-order valence-corrected chi connectivity index (χ4v) is 5.71. The van der Waals surface area contributed by atoms with Crippen molar-refractivity contribution in [1.82, 2.24) is 16.0 Å². The molecule has 0 aromatic heterocycles. The lowest BCUT2D eigenvalue weighted by Crippen LogP contribution is -2.71. The number of carbonyl (C=O) groups is 2. The molecule has 0 aromatic rings. The average molecular weight is 657 g/mol. The normalized spacial score (nSPS) is 43.7. The minimum Gasteiger partial charge on any atom is -0.388 e. The van der Waals surface area contributed by atoms with Gasteiger partial charge in [0.2, 0.25) is 11.8 Å². The largest absolute Gasteiger partial charge is 0.388 e. The Hall–Kier alpha value is -1.70. The molecule has 45 heavy (non-hydrogen) atoms. The average Bonchev–Trinajstić information content (AvgIpc) is 3.00. The number of hydrogen-bond acceptors (Lipinski definition) is 18. The summed E-state index contributed by atoms with van der Waals surface area (Å²) < 4.78 is 23.0. The highest BCUT2D eigenvalue weighted by atomic mass is 16.7. The summed E-state index contributed by atoms with van der Waals surface area (Å²) in [6, 6.07) is -3.50. The molecule has 17 N–H and O–H groups in total. The molecule has 20 heteroatoms. The van der Waals surface area contributed by atoms with Crippen LogP contribution in [0.15, 0.2) is 0 Å². The topological polar surface area (TPSA) is 347 Å². The zero-order chi connectivity index (χ0) is 33.8. The first-order valence-electron chi connectivity index (χ1n) is 14.6. The Morgan fingerprint density at radius 3 is 1.82 bits per heavy atom. The molecule has 1 aliphatic carbocycles. The van der Waals surface area contributed by atoms with Crippen LogP contribution in [-0.4, -0.2) is 183 Å². The van der Waals surface area contributed by atoms with Gasteiger partial charge >= 0.3 is 0 Å². The molecule has 0 unspecified atom stereocenters. The van der Waals surface area contributed by atoms with Gasteiger partial charge in [0.25, 0.3) is 0 Å². The van der Waals surface area contributed by atoms with E-state index in [2.05, 4.69) is 16.0 Å². The van der Waals surface area contributed by atoms with Gasteiger partial charge in [-0.2, -0.15) is 0 Å². The second-order valence-corrected chi connectivity index (χ2v) is 11.7. The van der Waals surface area contributed by atoms with Crippen molar-refractivity contribution < 1.29 is 69.4 Å². The standard InChI is InChI=1S/C25H48N6O14/c1-25(41)7-42-23(17(38)20(25)29-2)44-18-8(30-21(39)10(32)4-26)3-9(31-22(40)11(33)5-27)19(16(18)37)45-24-15(36)14(35)13(34)12(6-28)43-24/h8-20,23-24,29,32-38,41H,3-7,26-28H2,1-2H3,(H,30,39)(H,31,40)/t8-,9+,10+,11+,12-,13-,14+,15-,16-,17-,18+,19-,20-,23-,24-,25+/m1/s1. The molecule has 2 aliphatic heterocycles. The van der Waals surface area contributed by atoms with Crippen LogP contribution in [0.25, 0.3) is 0 Å². The molecule has 0 aromatic carbocycles. The van der Waals surface area contributed by atoms with Crippen molar-refractivity contribution in [2.24, 2.45) is 17.2 Å². The number of ether oxygens (including phenoxy) is 4. The second kappa shape index (κ2) is 15.9. The second-order valence-electron chi connectivity index (χ2n) is 11.7. The first-order chi connectivity index (χ1) is 21.1. The Kier molecular flexibility index (Phi) is 13.4. The highest BCUT2D eigenvalue weighted by molar-refractivity contribution is 5.82. The summed E-state index contributed by atoms with van der Waals surface area (Å²) in [5, 5.41) is 92.2. The molecule has 0 radical (unpaired) electrons. The van der Waals surface area contributed by atoms with E-state index in [1.165, 1.54) is 14.0 Å². The van der Waals surface area contributed by atoms with Crippen LogP contribution < -0.4 is 33.2 Å². The van der Waals surface area contributed by atoms with Gasteiger partial charge < -0.3 is 93.0 Å². The quantitative estimate of drug-likeness (QED) is 0.0926. The van der Waals surface area contributed by atoms with Gasteiger partial charge in [-0.05, 0) is 20.4 Å². The fourth-order valence-electron chi connectivity index (χ4n) is 5.71. The summed E-state index contributed by atoms with van der Waals surface area (Å²) >= 11 is 0. The van der Waals surface area contributed by atoms with Crippen molar-refractivity contribution >= 4 is 11.8 Å². The maximum Gasteiger partial charge on any atom is 0.250 e. The number of aliphatic hydroxyl groups excluding tert-OH is 7. The monoisotopic (exact) mass is 656 g/mol. The molecule has 20 nitrogen and oxygen atoms in total. The Balaban J connectivity index is 1.99. The first kappa shape index (κ1) is 37.8. The summed E-state index contributed by atoms with van der Waals surface area (Å²) in [5.74, 6) is -1.95. The van der Waals surface area contributed by atoms with Gasteiger partial charge in [-0.1, -0.05) is 0 Å². The molecule has 3 aliphatic rings. The summed E-state index contributed by atoms with van der Waals surface area (Å²) in [7, 11) is 1.49. The Bertz CT molecular complexity index is 983. The molecule has 2 saturated heterocycles. The van der Waals surface area contributed by atoms with Gasteiger partial charge in [-0.15, -0.1) is 0 Å². The molecule has 3 fully saturated rings. The van der Waals surface area contributed by atoms with Crippen molar-refractivity contribution in [2.75, 3.05) is 33.3 Å². The van der Waals surface area contributed by atoms with E-state index in [0.717, 1.165) is 0 Å². The number of likely N-dealkylation sites (N-methyl/N-ethyl adjacent to an activating group) is 1. The maximum atomic E-state index is 12.7. The lowest BCUT2D eigenvalue weighted by molar-refractivity contribution is -0.331. The third-order valence-electron chi connectivity index (χ3n) is 8.31. The summed E-state index contributed by atoms with van der Waals surface area (Å²) in [5.41, 5.74) is 14.9. The van der Waals surface area contributed by atoms with Gasteiger partial charge in [0.15, 0.2) is 12.6 Å². The van der Waals surface area contributed by atoms with Gasteiger partial charge in [0.1, 0.15) is 66.6 Å². The van der Waals surface area contributed by atoms with Crippen LogP contribution in [0.4, 0.5) is 0 Å². The van der Waals surface area contributed by atoms with E-state index in [4.69, 9.17) is 36.1 Å². The number of nitrogens with one attached hydrogen (secondary N) is 3. The van der Waals surface area contributed by atoms with Gasteiger partial charge in [0, 0.05) is 19.6 Å². The molecule has 262 valence electrons. The highest BCUT2D eigenvalue weighted by Gasteiger charge is 2.54. The minimum atomic E-state index is -1.86.